The Balaban J connectivity index is 1.59. The molecule has 3 heterocycles. The molecule has 1 atom stereocenters. The van der Waals surface area contributed by atoms with Crippen molar-refractivity contribution in [3.63, 3.8) is 0 Å². The molecular formula is C19H21N3O4S. The number of carbonyl (C=O) groups is 1. The highest BCUT2D eigenvalue weighted by atomic mass is 32.2. The van der Waals surface area contributed by atoms with Gasteiger partial charge in [0.25, 0.3) is 10.0 Å². The Morgan fingerprint density at radius 2 is 2.07 bits per heavy atom. The molecule has 0 unspecified atom stereocenters. The number of amidine groups is 1. The van der Waals surface area contributed by atoms with E-state index in [9.17, 15) is 13.2 Å². The van der Waals surface area contributed by atoms with E-state index >= 15 is 0 Å². The van der Waals surface area contributed by atoms with Crippen LogP contribution in [0.25, 0.3) is 0 Å². The van der Waals surface area contributed by atoms with Crippen LogP contribution in [0.3, 0.4) is 0 Å². The van der Waals surface area contributed by atoms with Gasteiger partial charge < -0.3 is 14.2 Å². The summed E-state index contributed by atoms with van der Waals surface area (Å²) in [5.74, 6) is 1.84. The van der Waals surface area contributed by atoms with Gasteiger partial charge in [-0.3, -0.25) is 4.79 Å². The molecule has 2 aromatic rings. The molecule has 1 saturated heterocycles. The Labute approximate surface area is 158 Å². The highest BCUT2D eigenvalue weighted by molar-refractivity contribution is 7.90. The van der Waals surface area contributed by atoms with Gasteiger partial charge in [-0.1, -0.05) is 12.1 Å². The molecule has 0 bridgehead atoms. The van der Waals surface area contributed by atoms with Gasteiger partial charge in [0.1, 0.15) is 22.5 Å². The minimum absolute atomic E-state index is 0.0639. The minimum Gasteiger partial charge on any atom is -0.464 e. The van der Waals surface area contributed by atoms with Gasteiger partial charge >= 0.3 is 0 Å². The summed E-state index contributed by atoms with van der Waals surface area (Å²) in [4.78, 5) is 16.7. The first kappa shape index (κ1) is 17.8. The van der Waals surface area contributed by atoms with Crippen molar-refractivity contribution in [1.82, 2.24) is 9.80 Å². The van der Waals surface area contributed by atoms with Crippen LogP contribution in [0.1, 0.15) is 29.9 Å². The van der Waals surface area contributed by atoms with Crippen molar-refractivity contribution in [3.05, 3.63) is 53.5 Å². The van der Waals surface area contributed by atoms with E-state index in [-0.39, 0.29) is 10.8 Å². The molecule has 0 aliphatic carbocycles. The molecule has 0 saturated carbocycles. The number of rotatable bonds is 3. The number of likely N-dealkylation sites (tertiary alicyclic amines) is 1. The summed E-state index contributed by atoms with van der Waals surface area (Å²) in [6.07, 6.45) is 1.48. The largest absolute Gasteiger partial charge is 0.464 e. The molecule has 4 rings (SSSR count). The first-order chi connectivity index (χ1) is 12.9. The van der Waals surface area contributed by atoms with Crippen molar-refractivity contribution in [2.24, 2.45) is 4.40 Å². The zero-order chi connectivity index (χ0) is 19.2. The van der Waals surface area contributed by atoms with E-state index in [0.29, 0.717) is 30.9 Å². The van der Waals surface area contributed by atoms with Gasteiger partial charge in [0.2, 0.25) is 5.91 Å². The highest BCUT2D eigenvalue weighted by Gasteiger charge is 2.40. The van der Waals surface area contributed by atoms with Gasteiger partial charge in [0, 0.05) is 19.2 Å². The number of sulfonamides is 1. The van der Waals surface area contributed by atoms with Crippen LogP contribution in [0.2, 0.25) is 0 Å². The van der Waals surface area contributed by atoms with Crippen molar-refractivity contribution in [1.29, 1.82) is 0 Å². The number of hydrogen-bond donors (Lipinski definition) is 0. The third kappa shape index (κ3) is 3.14. The van der Waals surface area contributed by atoms with Crippen LogP contribution in [0, 0.1) is 6.92 Å². The van der Waals surface area contributed by atoms with Gasteiger partial charge in [-0.15, -0.1) is 4.40 Å². The molecule has 1 amide bonds. The number of nitrogens with zero attached hydrogens (tertiary/aromatic N) is 3. The number of likely N-dealkylation sites (N-methyl/N-ethyl adjacent to an activating group) is 1. The molecule has 8 heteroatoms. The third-order valence-electron chi connectivity index (χ3n) is 4.99. The van der Waals surface area contributed by atoms with Crippen LogP contribution in [0.4, 0.5) is 0 Å². The van der Waals surface area contributed by atoms with Gasteiger partial charge in [-0.25, -0.2) is 0 Å². The summed E-state index contributed by atoms with van der Waals surface area (Å²) in [7, 11) is -1.97. The van der Waals surface area contributed by atoms with E-state index in [1.54, 1.807) is 36.2 Å². The lowest BCUT2D eigenvalue weighted by molar-refractivity contribution is -0.134. The van der Waals surface area contributed by atoms with Crippen LogP contribution in [-0.2, 0) is 21.4 Å². The molecule has 1 aromatic carbocycles. The average molecular weight is 387 g/mol. The van der Waals surface area contributed by atoms with Crippen molar-refractivity contribution < 1.29 is 17.6 Å². The second-order valence-corrected chi connectivity index (χ2v) is 8.52. The standard InChI is InChI=1S/C19H21N3O4S/c1-13-9-10-14(26-13)12-21(2)19(23)16-7-5-11-22(16)18-15-6-3-4-8-17(15)27(24,25)20-18/h3-4,6,8-10,16H,5,7,11-12H2,1-2H3/t16-/m0/s1. The average Bonchev–Trinajstić information content (AvgIpc) is 3.33. The van der Waals surface area contributed by atoms with Gasteiger partial charge in [0.15, 0.2) is 5.84 Å². The monoisotopic (exact) mass is 387 g/mol. The lowest BCUT2D eigenvalue weighted by Crippen LogP contribution is -2.46. The predicted octanol–water partition coefficient (Wildman–Crippen LogP) is 2.16. The van der Waals surface area contributed by atoms with Crippen molar-refractivity contribution in [2.75, 3.05) is 13.6 Å². The lowest BCUT2D eigenvalue weighted by atomic mass is 10.1. The van der Waals surface area contributed by atoms with Crippen LogP contribution < -0.4 is 0 Å². The number of aryl methyl sites for hydroxylation is 1. The Bertz CT molecular complexity index is 1030. The van der Waals surface area contributed by atoms with E-state index in [1.807, 2.05) is 24.0 Å². The number of carbonyl (C=O) groups excluding carboxylic acids is 1. The Kier molecular flexibility index (Phi) is 4.30. The second-order valence-electron chi connectivity index (χ2n) is 6.94. The molecule has 2 aliphatic rings. The summed E-state index contributed by atoms with van der Waals surface area (Å²) >= 11 is 0. The van der Waals surface area contributed by atoms with Crippen LogP contribution in [-0.4, -0.2) is 49.6 Å². The smallest absolute Gasteiger partial charge is 0.285 e. The first-order valence-electron chi connectivity index (χ1n) is 8.88. The second kappa shape index (κ2) is 6.53. The van der Waals surface area contributed by atoms with Crippen molar-refractivity contribution in [2.45, 2.75) is 37.2 Å². The Morgan fingerprint density at radius 1 is 1.30 bits per heavy atom. The van der Waals surface area contributed by atoms with Crippen molar-refractivity contribution in [3.8, 4) is 0 Å². The van der Waals surface area contributed by atoms with E-state index in [1.165, 1.54) is 0 Å². The molecule has 27 heavy (non-hydrogen) atoms. The van der Waals surface area contributed by atoms with Crippen LogP contribution >= 0.6 is 0 Å². The SMILES string of the molecule is Cc1ccc(CN(C)C(=O)[C@@H]2CCCN2C2=NS(=O)(=O)c3ccccc32)o1. The zero-order valence-electron chi connectivity index (χ0n) is 15.3. The molecule has 1 fully saturated rings. The summed E-state index contributed by atoms with van der Waals surface area (Å²) in [6.45, 7) is 2.84. The third-order valence-corrected chi connectivity index (χ3v) is 6.31. The number of hydrogen-bond acceptors (Lipinski definition) is 5. The fourth-order valence-corrected chi connectivity index (χ4v) is 4.93. The Hall–Kier alpha value is -2.61. The number of benzene rings is 1. The number of amides is 1. The summed E-state index contributed by atoms with van der Waals surface area (Å²) in [5.41, 5.74) is 0.571. The summed E-state index contributed by atoms with van der Waals surface area (Å²) < 4.78 is 34.2. The fraction of sp³-hybridized carbons (Fsp3) is 0.368. The molecule has 7 nitrogen and oxygen atoms in total. The molecule has 0 spiro atoms. The highest BCUT2D eigenvalue weighted by Crippen LogP contribution is 2.31. The summed E-state index contributed by atoms with van der Waals surface area (Å²) in [5, 5.41) is 0. The van der Waals surface area contributed by atoms with E-state index in [2.05, 4.69) is 4.40 Å². The predicted molar refractivity (Wildman–Crippen MR) is 99.8 cm³/mol. The Morgan fingerprint density at radius 3 is 2.81 bits per heavy atom. The lowest BCUT2D eigenvalue weighted by Gasteiger charge is -2.29. The molecule has 1 aromatic heterocycles. The van der Waals surface area contributed by atoms with E-state index in [4.69, 9.17) is 4.42 Å². The summed E-state index contributed by atoms with van der Waals surface area (Å²) in [6, 6.07) is 10.1. The van der Waals surface area contributed by atoms with E-state index in [0.717, 1.165) is 17.9 Å². The molecular weight excluding hydrogens is 366 g/mol. The molecule has 0 N–H and O–H groups in total. The molecule has 0 radical (unpaired) electrons. The van der Waals surface area contributed by atoms with Crippen LogP contribution in [0.15, 0.2) is 50.1 Å². The first-order valence-corrected chi connectivity index (χ1v) is 10.3. The maximum Gasteiger partial charge on any atom is 0.285 e. The topological polar surface area (TPSA) is 83.2 Å². The quantitative estimate of drug-likeness (QED) is 0.806. The molecule has 2 aliphatic heterocycles. The van der Waals surface area contributed by atoms with Gasteiger partial charge in [0.05, 0.1) is 6.54 Å². The maximum atomic E-state index is 13.0. The fourth-order valence-electron chi connectivity index (χ4n) is 3.71. The van der Waals surface area contributed by atoms with Gasteiger partial charge in [-0.05, 0) is 44.0 Å². The number of fused-ring (bicyclic) bond motifs is 1. The van der Waals surface area contributed by atoms with Crippen LogP contribution in [0.5, 0.6) is 0 Å². The van der Waals surface area contributed by atoms with Crippen molar-refractivity contribution >= 4 is 21.8 Å². The minimum atomic E-state index is -3.70. The normalized spacial score (nSPS) is 20.4. The maximum absolute atomic E-state index is 13.0. The molecule has 142 valence electrons. The van der Waals surface area contributed by atoms with E-state index < -0.39 is 16.1 Å². The zero-order valence-corrected chi connectivity index (χ0v) is 16.1. The number of furan rings is 1. The van der Waals surface area contributed by atoms with Gasteiger partial charge in [-0.2, -0.15) is 8.42 Å².